The molecule has 0 saturated carbocycles. The lowest BCUT2D eigenvalue weighted by Crippen LogP contribution is -1.81. The van der Waals surface area contributed by atoms with Crippen LogP contribution in [-0.2, 0) is 0 Å². The summed E-state index contributed by atoms with van der Waals surface area (Å²) >= 11 is 4.56. The Morgan fingerprint density at radius 3 is 1.95 bits per heavy atom. The van der Waals surface area contributed by atoms with Crippen LogP contribution in [0.3, 0.4) is 0 Å². The highest BCUT2D eigenvalue weighted by Gasteiger charge is 1.92. The summed E-state index contributed by atoms with van der Waals surface area (Å²) in [6, 6.07) is 15.7. The third kappa shape index (κ3) is 3.88. The van der Waals surface area contributed by atoms with Crippen molar-refractivity contribution in [1.82, 2.24) is 0 Å². The second-order valence-electron chi connectivity index (χ2n) is 3.90. The van der Waals surface area contributed by atoms with Crippen LogP contribution in [-0.4, -0.2) is 12.3 Å². The van der Waals surface area contributed by atoms with Gasteiger partial charge in [0.15, 0.2) is 0 Å². The first-order valence-electron chi connectivity index (χ1n) is 5.82. The van der Waals surface area contributed by atoms with E-state index in [-0.39, 0.29) is 0 Å². The van der Waals surface area contributed by atoms with E-state index in [1.807, 2.05) is 54.6 Å². The highest BCUT2D eigenvalue weighted by atomic mass is 32.1. The number of ether oxygens (including phenoxy) is 1. The number of thiocarbonyl (C=S) groups is 1. The van der Waals surface area contributed by atoms with E-state index in [1.165, 1.54) is 0 Å². The van der Waals surface area contributed by atoms with Crippen molar-refractivity contribution in [2.24, 2.45) is 4.99 Å². The molecule has 0 bridgehead atoms. The van der Waals surface area contributed by atoms with E-state index in [4.69, 9.17) is 4.74 Å². The molecular formula is C16H13NOS. The summed E-state index contributed by atoms with van der Waals surface area (Å²) in [6.45, 7) is 0. The van der Waals surface area contributed by atoms with E-state index in [2.05, 4.69) is 28.4 Å². The first-order valence-corrected chi connectivity index (χ1v) is 6.23. The van der Waals surface area contributed by atoms with Gasteiger partial charge in [-0.3, -0.25) is 0 Å². The van der Waals surface area contributed by atoms with Gasteiger partial charge in [0, 0.05) is 0 Å². The minimum absolute atomic E-state index is 0.816. The predicted molar refractivity (Wildman–Crippen MR) is 83.1 cm³/mol. The first kappa shape index (κ1) is 13.2. The van der Waals surface area contributed by atoms with E-state index in [0.29, 0.717) is 0 Å². The van der Waals surface area contributed by atoms with Gasteiger partial charge in [0.1, 0.15) is 5.75 Å². The van der Waals surface area contributed by atoms with E-state index >= 15 is 0 Å². The van der Waals surface area contributed by atoms with Gasteiger partial charge in [-0.15, -0.1) is 0 Å². The van der Waals surface area contributed by atoms with Gasteiger partial charge in [0.2, 0.25) is 0 Å². The van der Waals surface area contributed by atoms with Gasteiger partial charge in [-0.05, 0) is 47.6 Å². The van der Waals surface area contributed by atoms with Crippen LogP contribution < -0.4 is 4.74 Å². The molecule has 0 N–H and O–H groups in total. The molecule has 2 nitrogen and oxygen atoms in total. The molecule has 0 heterocycles. The molecule has 0 aliphatic heterocycles. The Morgan fingerprint density at radius 2 is 1.47 bits per heavy atom. The zero-order valence-corrected chi connectivity index (χ0v) is 11.4. The lowest BCUT2D eigenvalue weighted by Gasteiger charge is -1.99. The Hall–Kier alpha value is -2.22. The fourth-order valence-corrected chi connectivity index (χ4v) is 1.73. The van der Waals surface area contributed by atoms with Crippen molar-refractivity contribution in [2.45, 2.75) is 0 Å². The van der Waals surface area contributed by atoms with Crippen LogP contribution in [0.5, 0.6) is 5.75 Å². The zero-order chi connectivity index (χ0) is 13.5. The quantitative estimate of drug-likeness (QED) is 0.458. The number of isothiocyanates is 1. The van der Waals surface area contributed by atoms with Crippen molar-refractivity contribution < 1.29 is 4.74 Å². The Kier molecular flexibility index (Phi) is 4.62. The zero-order valence-electron chi connectivity index (χ0n) is 10.5. The monoisotopic (exact) mass is 267 g/mol. The van der Waals surface area contributed by atoms with E-state index in [0.717, 1.165) is 22.6 Å². The third-order valence-electron chi connectivity index (χ3n) is 2.65. The van der Waals surface area contributed by atoms with Gasteiger partial charge in [-0.1, -0.05) is 36.4 Å². The summed E-state index contributed by atoms with van der Waals surface area (Å²) in [5.74, 6) is 0.861. The molecular weight excluding hydrogens is 254 g/mol. The molecule has 0 unspecified atom stereocenters. The van der Waals surface area contributed by atoms with Crippen LogP contribution in [0.25, 0.3) is 12.2 Å². The standard InChI is InChI=1S/C16H13NOS/c1-18-16-10-6-14(7-11-16)3-2-13-4-8-15(9-5-13)17-12-19/h2-11H,1H3/b3-2+. The number of nitrogens with zero attached hydrogens (tertiary/aromatic N) is 1. The second-order valence-corrected chi connectivity index (χ2v) is 4.08. The van der Waals surface area contributed by atoms with Crippen molar-refractivity contribution in [3.8, 4) is 5.75 Å². The molecule has 0 spiro atoms. The third-order valence-corrected chi connectivity index (χ3v) is 2.74. The molecule has 19 heavy (non-hydrogen) atoms. The van der Waals surface area contributed by atoms with Gasteiger partial charge in [-0.2, -0.15) is 4.99 Å². The molecule has 2 rings (SSSR count). The first-order chi connectivity index (χ1) is 9.31. The Morgan fingerprint density at radius 1 is 0.947 bits per heavy atom. The fourth-order valence-electron chi connectivity index (χ4n) is 1.62. The summed E-state index contributed by atoms with van der Waals surface area (Å²) in [6.07, 6.45) is 4.10. The van der Waals surface area contributed by atoms with Gasteiger partial charge in [-0.25, -0.2) is 0 Å². The van der Waals surface area contributed by atoms with Gasteiger partial charge in [0.25, 0.3) is 0 Å². The molecule has 0 aliphatic rings. The van der Waals surface area contributed by atoms with Crippen molar-refractivity contribution >= 4 is 35.2 Å². The predicted octanol–water partition coefficient (Wildman–Crippen LogP) is 4.60. The maximum Gasteiger partial charge on any atom is 0.118 e. The van der Waals surface area contributed by atoms with Gasteiger partial charge >= 0.3 is 0 Å². The molecule has 0 fully saturated rings. The maximum absolute atomic E-state index is 5.12. The summed E-state index contributed by atoms with van der Waals surface area (Å²) in [7, 11) is 1.66. The van der Waals surface area contributed by atoms with Crippen LogP contribution in [0.15, 0.2) is 53.5 Å². The van der Waals surface area contributed by atoms with Crippen molar-refractivity contribution in [2.75, 3.05) is 7.11 Å². The number of hydrogen-bond donors (Lipinski definition) is 0. The van der Waals surface area contributed by atoms with E-state index in [1.54, 1.807) is 7.11 Å². The number of benzene rings is 2. The summed E-state index contributed by atoms with van der Waals surface area (Å²) in [5.41, 5.74) is 3.05. The van der Waals surface area contributed by atoms with Crippen LogP contribution in [0.1, 0.15) is 11.1 Å². The van der Waals surface area contributed by atoms with Crippen LogP contribution >= 0.6 is 12.2 Å². The highest BCUT2D eigenvalue weighted by molar-refractivity contribution is 7.78. The minimum Gasteiger partial charge on any atom is -0.497 e. The van der Waals surface area contributed by atoms with Crippen LogP contribution in [0.2, 0.25) is 0 Å². The van der Waals surface area contributed by atoms with Crippen molar-refractivity contribution in [3.63, 3.8) is 0 Å². The SMILES string of the molecule is COc1ccc(/C=C/c2ccc(N=C=S)cc2)cc1. The number of methoxy groups -OCH3 is 1. The summed E-state index contributed by atoms with van der Waals surface area (Å²) < 4.78 is 5.12. The smallest absolute Gasteiger partial charge is 0.118 e. The van der Waals surface area contributed by atoms with Gasteiger partial charge < -0.3 is 4.74 Å². The second kappa shape index (κ2) is 6.64. The minimum atomic E-state index is 0.816. The van der Waals surface area contributed by atoms with E-state index in [9.17, 15) is 0 Å². The molecule has 0 aliphatic carbocycles. The topological polar surface area (TPSA) is 21.6 Å². The molecule has 0 saturated heterocycles. The highest BCUT2D eigenvalue weighted by Crippen LogP contribution is 2.16. The van der Waals surface area contributed by atoms with Crippen molar-refractivity contribution in [1.29, 1.82) is 0 Å². The molecule has 0 aromatic heterocycles. The number of aliphatic imine (C=N–C) groups is 1. The number of hydrogen-bond acceptors (Lipinski definition) is 3. The largest absolute Gasteiger partial charge is 0.497 e. The molecule has 2 aromatic rings. The molecule has 94 valence electrons. The molecule has 0 atom stereocenters. The van der Waals surface area contributed by atoms with E-state index < -0.39 is 0 Å². The summed E-state index contributed by atoms with van der Waals surface area (Å²) in [4.78, 5) is 3.91. The Balaban J connectivity index is 2.10. The molecule has 3 heteroatoms. The lowest BCUT2D eigenvalue weighted by atomic mass is 10.1. The van der Waals surface area contributed by atoms with Crippen LogP contribution in [0.4, 0.5) is 5.69 Å². The summed E-state index contributed by atoms with van der Waals surface area (Å²) in [5, 5.41) is 2.35. The molecule has 0 radical (unpaired) electrons. The Labute approximate surface area is 118 Å². The normalized spacial score (nSPS) is 10.2. The average molecular weight is 267 g/mol. The maximum atomic E-state index is 5.12. The van der Waals surface area contributed by atoms with Gasteiger partial charge in [0.05, 0.1) is 18.0 Å². The average Bonchev–Trinajstić information content (AvgIpc) is 2.47. The molecule has 0 amide bonds. The van der Waals surface area contributed by atoms with Crippen molar-refractivity contribution in [3.05, 3.63) is 59.7 Å². The Bertz CT molecular complexity index is 608. The van der Waals surface area contributed by atoms with Crippen LogP contribution in [0, 0.1) is 0 Å². The number of rotatable bonds is 4. The lowest BCUT2D eigenvalue weighted by molar-refractivity contribution is 0.415. The fraction of sp³-hybridized carbons (Fsp3) is 0.0625. The molecule has 2 aromatic carbocycles.